The molecule has 9 nitrogen and oxygen atoms in total. The molecule has 0 bridgehead atoms. The molecule has 164 valence electrons. The van der Waals surface area contributed by atoms with Crippen LogP contribution in [0.3, 0.4) is 0 Å². The summed E-state index contributed by atoms with van der Waals surface area (Å²) in [4.78, 5) is 37.7. The number of benzene rings is 2. The molecule has 0 radical (unpaired) electrons. The lowest BCUT2D eigenvalue weighted by Gasteiger charge is -2.21. The van der Waals surface area contributed by atoms with Gasteiger partial charge in [-0.1, -0.05) is 18.2 Å². The first-order chi connectivity index (χ1) is 15.4. The van der Waals surface area contributed by atoms with Crippen molar-refractivity contribution in [2.24, 2.45) is 0 Å². The van der Waals surface area contributed by atoms with E-state index in [-0.39, 0.29) is 23.4 Å². The lowest BCUT2D eigenvalue weighted by atomic mass is 10.1. The predicted octanol–water partition coefficient (Wildman–Crippen LogP) is 2.77. The summed E-state index contributed by atoms with van der Waals surface area (Å²) in [6.07, 6.45) is 1.03. The minimum absolute atomic E-state index is 0.0170. The van der Waals surface area contributed by atoms with E-state index in [0.717, 1.165) is 11.1 Å². The van der Waals surface area contributed by atoms with Gasteiger partial charge in [-0.25, -0.2) is 9.80 Å². The van der Waals surface area contributed by atoms with Crippen LogP contribution in [-0.4, -0.2) is 47.3 Å². The number of allylic oxidation sites excluding steroid dienone is 1. The van der Waals surface area contributed by atoms with Crippen LogP contribution in [0.25, 0.3) is 0 Å². The molecule has 1 amide bonds. The number of nitrogens with one attached hydrogen (secondary N) is 2. The second-order valence-corrected chi connectivity index (χ2v) is 6.56. The van der Waals surface area contributed by atoms with Gasteiger partial charge in [0, 0.05) is 17.2 Å². The number of amides is 1. The average molecular weight is 435 g/mol. The number of carbonyl (C=O) groups is 3. The number of ketones is 1. The molecular weight excluding hydrogens is 414 g/mol. The molecule has 0 saturated heterocycles. The molecule has 0 aliphatic carbocycles. The van der Waals surface area contributed by atoms with Crippen molar-refractivity contribution >= 4 is 23.5 Å². The molecule has 0 fully saturated rings. The maximum absolute atomic E-state index is 12.8. The number of ether oxygens (including phenoxy) is 2. The van der Waals surface area contributed by atoms with E-state index in [2.05, 4.69) is 5.43 Å². The van der Waals surface area contributed by atoms with Crippen LogP contribution in [-0.2, 0) is 9.53 Å². The zero-order chi connectivity index (χ0) is 23.3. The highest BCUT2D eigenvalue weighted by Gasteiger charge is 2.39. The minimum Gasteiger partial charge on any atom is -0.505 e. The van der Waals surface area contributed by atoms with Crippen LogP contribution in [0, 0.1) is 5.41 Å². The van der Waals surface area contributed by atoms with Crippen LogP contribution < -0.4 is 10.2 Å². The Hall–Kier alpha value is -4.40. The molecule has 3 rings (SSSR count). The number of aliphatic hydroxyl groups excluding tert-OH is 1. The number of hydrogen-bond donors (Lipinski definition) is 3. The van der Waals surface area contributed by atoms with Gasteiger partial charge in [-0.3, -0.25) is 20.4 Å². The van der Waals surface area contributed by atoms with Crippen molar-refractivity contribution in [3.05, 3.63) is 88.8 Å². The third-order valence-electron chi connectivity index (χ3n) is 4.55. The van der Waals surface area contributed by atoms with Crippen LogP contribution in [0.1, 0.15) is 27.6 Å². The summed E-state index contributed by atoms with van der Waals surface area (Å²) in [6, 6.07) is 14.4. The number of methoxy groups -OCH3 is 1. The number of hydrazine groups is 1. The Morgan fingerprint density at radius 3 is 2.31 bits per heavy atom. The Bertz CT molecular complexity index is 1120. The van der Waals surface area contributed by atoms with Gasteiger partial charge in [-0.15, -0.1) is 0 Å². The Morgan fingerprint density at radius 2 is 1.72 bits per heavy atom. The zero-order valence-electron chi connectivity index (χ0n) is 17.4. The summed E-state index contributed by atoms with van der Waals surface area (Å²) in [6.45, 7) is 1.59. The minimum atomic E-state index is -0.950. The number of rotatable bonds is 7. The number of nitrogens with zero attached hydrogens (tertiary/aromatic N) is 1. The van der Waals surface area contributed by atoms with Gasteiger partial charge in [0.1, 0.15) is 17.0 Å². The van der Waals surface area contributed by atoms with Gasteiger partial charge in [-0.2, -0.15) is 0 Å². The van der Waals surface area contributed by atoms with Crippen LogP contribution in [0.4, 0.5) is 0 Å². The Kier molecular flexibility index (Phi) is 6.69. The van der Waals surface area contributed by atoms with E-state index in [1.807, 2.05) is 0 Å². The molecule has 1 aliphatic rings. The van der Waals surface area contributed by atoms with Gasteiger partial charge < -0.3 is 14.6 Å². The lowest BCUT2D eigenvalue weighted by molar-refractivity contribution is -0.138. The largest absolute Gasteiger partial charge is 0.505 e. The van der Waals surface area contributed by atoms with Gasteiger partial charge in [-0.05, 0) is 43.3 Å². The highest BCUT2D eigenvalue weighted by Crippen LogP contribution is 2.28. The van der Waals surface area contributed by atoms with E-state index in [1.165, 1.54) is 19.2 Å². The smallest absolute Gasteiger partial charge is 0.345 e. The first-order valence-electron chi connectivity index (χ1n) is 9.63. The third-order valence-corrected chi connectivity index (χ3v) is 4.55. The first-order valence-corrected chi connectivity index (χ1v) is 9.63. The fourth-order valence-electron chi connectivity index (χ4n) is 2.94. The number of carbonyl (C=O) groups excluding carboxylic acids is 3. The summed E-state index contributed by atoms with van der Waals surface area (Å²) in [5.41, 5.74) is 2.31. The molecule has 32 heavy (non-hydrogen) atoms. The van der Waals surface area contributed by atoms with Crippen LogP contribution in [0.2, 0.25) is 0 Å². The molecule has 0 unspecified atom stereocenters. The molecule has 0 aromatic heterocycles. The van der Waals surface area contributed by atoms with Crippen molar-refractivity contribution in [2.45, 2.75) is 6.92 Å². The predicted molar refractivity (Wildman–Crippen MR) is 115 cm³/mol. The fourth-order valence-corrected chi connectivity index (χ4v) is 2.94. The summed E-state index contributed by atoms with van der Waals surface area (Å²) >= 11 is 0. The highest BCUT2D eigenvalue weighted by molar-refractivity contribution is 6.22. The molecular formula is C23H21N3O6. The second kappa shape index (κ2) is 9.61. The van der Waals surface area contributed by atoms with E-state index >= 15 is 0 Å². The monoisotopic (exact) mass is 435 g/mol. The Morgan fingerprint density at radius 1 is 1.06 bits per heavy atom. The van der Waals surface area contributed by atoms with Gasteiger partial charge in [0.15, 0.2) is 17.4 Å². The van der Waals surface area contributed by atoms with Crippen molar-refractivity contribution in [1.29, 1.82) is 5.41 Å². The molecule has 3 N–H and O–H groups in total. The topological polar surface area (TPSA) is 129 Å². The van der Waals surface area contributed by atoms with Crippen molar-refractivity contribution < 1.29 is 29.0 Å². The van der Waals surface area contributed by atoms with Gasteiger partial charge in [0.05, 0.1) is 13.7 Å². The molecule has 2 aromatic rings. The van der Waals surface area contributed by atoms with E-state index in [4.69, 9.17) is 14.9 Å². The standard InChI is InChI=1S/C23H21N3O6/c1-3-32-23(30)19-20(28)17(13-18(27)14-9-11-16(31-2)12-10-14)26(21(19)24)25-22(29)15-7-5-4-6-8-15/h4-13,24,28H,3H2,1-2H3,(H,25,29). The van der Waals surface area contributed by atoms with Crippen molar-refractivity contribution in [1.82, 2.24) is 10.4 Å². The first kappa shape index (κ1) is 22.3. The van der Waals surface area contributed by atoms with Crippen molar-refractivity contribution in [3.8, 4) is 5.75 Å². The molecule has 1 heterocycles. The number of amidine groups is 1. The zero-order valence-corrected chi connectivity index (χ0v) is 17.4. The molecule has 0 atom stereocenters. The third kappa shape index (κ3) is 4.51. The molecule has 2 aromatic carbocycles. The van der Waals surface area contributed by atoms with E-state index < -0.39 is 34.8 Å². The van der Waals surface area contributed by atoms with Gasteiger partial charge in [0.2, 0.25) is 0 Å². The van der Waals surface area contributed by atoms with E-state index in [9.17, 15) is 19.5 Å². The highest BCUT2D eigenvalue weighted by atomic mass is 16.5. The van der Waals surface area contributed by atoms with Crippen LogP contribution in [0.15, 0.2) is 77.7 Å². The van der Waals surface area contributed by atoms with Crippen LogP contribution >= 0.6 is 0 Å². The van der Waals surface area contributed by atoms with E-state index in [0.29, 0.717) is 5.75 Å². The Balaban J connectivity index is 1.98. The SMILES string of the molecule is CCOC(=O)C1=C(O)C(=CC(=O)c2ccc(OC)cc2)N(NC(=O)c2ccccc2)C1=N. The van der Waals surface area contributed by atoms with E-state index in [1.54, 1.807) is 49.4 Å². The maximum atomic E-state index is 12.8. The van der Waals surface area contributed by atoms with Crippen molar-refractivity contribution in [2.75, 3.05) is 13.7 Å². The fraction of sp³-hybridized carbons (Fsp3) is 0.130. The summed E-state index contributed by atoms with van der Waals surface area (Å²) in [5.74, 6) is -2.69. The number of aliphatic hydroxyl groups is 1. The van der Waals surface area contributed by atoms with Gasteiger partial charge in [0.25, 0.3) is 5.91 Å². The molecule has 0 spiro atoms. The normalized spacial score (nSPS) is 14.5. The maximum Gasteiger partial charge on any atom is 0.345 e. The number of hydrogen-bond acceptors (Lipinski definition) is 7. The van der Waals surface area contributed by atoms with Gasteiger partial charge >= 0.3 is 5.97 Å². The summed E-state index contributed by atoms with van der Waals surface area (Å²) < 4.78 is 9.98. The lowest BCUT2D eigenvalue weighted by Crippen LogP contribution is -2.43. The summed E-state index contributed by atoms with van der Waals surface area (Å²) in [7, 11) is 1.50. The van der Waals surface area contributed by atoms with Crippen molar-refractivity contribution in [3.63, 3.8) is 0 Å². The molecule has 0 saturated carbocycles. The van der Waals surface area contributed by atoms with Crippen LogP contribution in [0.5, 0.6) is 5.75 Å². The second-order valence-electron chi connectivity index (χ2n) is 6.56. The Labute approximate surface area is 184 Å². The average Bonchev–Trinajstić information content (AvgIpc) is 3.03. The quantitative estimate of drug-likeness (QED) is 0.346. The number of esters is 1. The molecule has 1 aliphatic heterocycles. The summed E-state index contributed by atoms with van der Waals surface area (Å²) in [5, 5.41) is 19.8. The molecule has 9 heteroatoms.